The summed E-state index contributed by atoms with van der Waals surface area (Å²) in [6.07, 6.45) is 0. The zero-order chi connectivity index (χ0) is 11.7. The lowest BCUT2D eigenvalue weighted by molar-refractivity contribution is -0.138. The zero-order valence-corrected chi connectivity index (χ0v) is 10.4. The number of benzene rings is 1. The third-order valence-corrected chi connectivity index (χ3v) is 3.41. The van der Waals surface area contributed by atoms with Crippen LogP contribution >= 0.6 is 15.9 Å². The van der Waals surface area contributed by atoms with Crippen LogP contribution in [0, 0.1) is 19.7 Å². The molecule has 0 spiro atoms. The second-order valence-electron chi connectivity index (χ2n) is 3.56. The number of halogens is 2. The van der Waals surface area contributed by atoms with E-state index in [1.165, 1.54) is 6.07 Å². The third kappa shape index (κ3) is 2.20. The molecule has 2 nitrogen and oxygen atoms in total. The lowest BCUT2D eigenvalue weighted by Crippen LogP contribution is -2.12. The largest absolute Gasteiger partial charge is 0.481 e. The number of rotatable bonds is 2. The molecule has 1 atom stereocenters. The number of carboxylic acid groups (broad SMARTS) is 1. The van der Waals surface area contributed by atoms with Crippen molar-refractivity contribution >= 4 is 21.9 Å². The molecule has 0 saturated carbocycles. The molecule has 1 rings (SSSR count). The first-order valence-corrected chi connectivity index (χ1v) is 5.33. The second kappa shape index (κ2) is 4.31. The van der Waals surface area contributed by atoms with Gasteiger partial charge >= 0.3 is 5.97 Å². The van der Waals surface area contributed by atoms with Crippen molar-refractivity contribution in [1.29, 1.82) is 0 Å². The zero-order valence-electron chi connectivity index (χ0n) is 8.77. The van der Waals surface area contributed by atoms with Crippen molar-refractivity contribution in [2.75, 3.05) is 0 Å². The van der Waals surface area contributed by atoms with Gasteiger partial charge in [0.05, 0.1) is 5.92 Å². The fraction of sp³-hybridized carbons (Fsp3) is 0.364. The van der Waals surface area contributed by atoms with Gasteiger partial charge in [-0.3, -0.25) is 4.79 Å². The molecule has 0 bridgehead atoms. The minimum atomic E-state index is -0.946. The quantitative estimate of drug-likeness (QED) is 0.898. The first-order chi connectivity index (χ1) is 6.86. The Morgan fingerprint density at radius 2 is 2.00 bits per heavy atom. The van der Waals surface area contributed by atoms with Crippen LogP contribution in [0.1, 0.15) is 29.5 Å². The summed E-state index contributed by atoms with van der Waals surface area (Å²) in [5, 5.41) is 8.93. The van der Waals surface area contributed by atoms with Crippen LogP contribution in [-0.4, -0.2) is 11.1 Å². The van der Waals surface area contributed by atoms with E-state index in [1.54, 1.807) is 20.8 Å². The van der Waals surface area contributed by atoms with Crippen molar-refractivity contribution in [2.24, 2.45) is 0 Å². The van der Waals surface area contributed by atoms with Gasteiger partial charge in [0.1, 0.15) is 5.82 Å². The van der Waals surface area contributed by atoms with Crippen LogP contribution in [-0.2, 0) is 4.79 Å². The molecule has 0 heterocycles. The van der Waals surface area contributed by atoms with E-state index in [1.807, 2.05) is 0 Å². The van der Waals surface area contributed by atoms with Crippen LogP contribution in [0.3, 0.4) is 0 Å². The van der Waals surface area contributed by atoms with Gasteiger partial charge in [0.25, 0.3) is 0 Å². The van der Waals surface area contributed by atoms with E-state index in [0.29, 0.717) is 15.6 Å². The Hall–Kier alpha value is -0.900. The molecule has 1 N–H and O–H groups in total. The first-order valence-electron chi connectivity index (χ1n) is 4.54. The monoisotopic (exact) mass is 274 g/mol. The molecule has 0 aliphatic rings. The molecule has 0 radical (unpaired) electrons. The molecule has 82 valence electrons. The summed E-state index contributed by atoms with van der Waals surface area (Å²) >= 11 is 3.22. The van der Waals surface area contributed by atoms with Crippen molar-refractivity contribution in [3.05, 3.63) is 33.0 Å². The van der Waals surface area contributed by atoms with Gasteiger partial charge in [-0.15, -0.1) is 0 Å². The molecule has 0 fully saturated rings. The van der Waals surface area contributed by atoms with Gasteiger partial charge in [-0.25, -0.2) is 4.39 Å². The summed E-state index contributed by atoms with van der Waals surface area (Å²) in [5.74, 6) is -2.02. The smallest absolute Gasteiger partial charge is 0.310 e. The maximum atomic E-state index is 13.4. The standard InChI is InChI=1S/C11H12BrFO2/c1-5-8(12)4-9(13)6(2)10(5)7(3)11(14)15/h4,7H,1-3H3,(H,14,15). The highest BCUT2D eigenvalue weighted by atomic mass is 79.9. The molecule has 0 aliphatic heterocycles. The van der Waals surface area contributed by atoms with Crippen molar-refractivity contribution < 1.29 is 14.3 Å². The Labute approximate surface area is 96.2 Å². The SMILES string of the molecule is Cc1c(F)cc(Br)c(C)c1C(C)C(=O)O. The van der Waals surface area contributed by atoms with Crippen LogP contribution in [0.4, 0.5) is 4.39 Å². The van der Waals surface area contributed by atoms with Gasteiger partial charge in [-0.1, -0.05) is 15.9 Å². The summed E-state index contributed by atoms with van der Waals surface area (Å²) in [5.41, 5.74) is 1.74. The summed E-state index contributed by atoms with van der Waals surface area (Å²) in [7, 11) is 0. The number of carboxylic acids is 1. The van der Waals surface area contributed by atoms with E-state index in [9.17, 15) is 9.18 Å². The lowest BCUT2D eigenvalue weighted by atomic mass is 9.92. The molecular weight excluding hydrogens is 263 g/mol. The van der Waals surface area contributed by atoms with Crippen molar-refractivity contribution in [3.8, 4) is 0 Å². The van der Waals surface area contributed by atoms with Gasteiger partial charge in [-0.2, -0.15) is 0 Å². The number of aliphatic carboxylic acids is 1. The molecule has 15 heavy (non-hydrogen) atoms. The molecular formula is C11H12BrFO2. The van der Waals surface area contributed by atoms with Crippen molar-refractivity contribution in [2.45, 2.75) is 26.7 Å². The van der Waals surface area contributed by atoms with E-state index < -0.39 is 11.9 Å². The fourth-order valence-electron chi connectivity index (χ4n) is 1.64. The maximum absolute atomic E-state index is 13.4. The predicted octanol–water partition coefficient (Wildman–Crippen LogP) is 3.39. The number of hydrogen-bond donors (Lipinski definition) is 1. The predicted molar refractivity (Wildman–Crippen MR) is 59.6 cm³/mol. The van der Waals surface area contributed by atoms with Crippen LogP contribution in [0.5, 0.6) is 0 Å². The average Bonchev–Trinajstić information content (AvgIpc) is 2.15. The Kier molecular flexibility index (Phi) is 3.50. The molecule has 0 saturated heterocycles. The molecule has 1 aromatic carbocycles. The minimum Gasteiger partial charge on any atom is -0.481 e. The highest BCUT2D eigenvalue weighted by Crippen LogP contribution is 2.31. The van der Waals surface area contributed by atoms with Gasteiger partial charge < -0.3 is 5.11 Å². The average molecular weight is 275 g/mol. The molecule has 4 heteroatoms. The fourth-order valence-corrected chi connectivity index (χ4v) is 2.05. The van der Waals surface area contributed by atoms with Crippen LogP contribution in [0.15, 0.2) is 10.5 Å². The summed E-state index contributed by atoms with van der Waals surface area (Å²) in [6, 6.07) is 1.36. The van der Waals surface area contributed by atoms with E-state index in [-0.39, 0.29) is 5.82 Å². The van der Waals surface area contributed by atoms with Crippen molar-refractivity contribution in [1.82, 2.24) is 0 Å². The summed E-state index contributed by atoms with van der Waals surface area (Å²) < 4.78 is 14.0. The Morgan fingerprint density at radius 1 is 1.47 bits per heavy atom. The van der Waals surface area contributed by atoms with Gasteiger partial charge in [-0.05, 0) is 43.5 Å². The maximum Gasteiger partial charge on any atom is 0.310 e. The highest BCUT2D eigenvalue weighted by molar-refractivity contribution is 9.10. The summed E-state index contributed by atoms with van der Waals surface area (Å²) in [4.78, 5) is 10.9. The first kappa shape index (κ1) is 12.2. The van der Waals surface area contributed by atoms with Gasteiger partial charge in [0.2, 0.25) is 0 Å². The number of hydrogen-bond acceptors (Lipinski definition) is 1. The van der Waals surface area contributed by atoms with Gasteiger partial charge in [0.15, 0.2) is 0 Å². The minimum absolute atomic E-state index is 0.379. The second-order valence-corrected chi connectivity index (χ2v) is 4.42. The molecule has 1 unspecified atom stereocenters. The molecule has 1 aromatic rings. The molecule has 0 aromatic heterocycles. The highest BCUT2D eigenvalue weighted by Gasteiger charge is 2.21. The third-order valence-electron chi connectivity index (χ3n) is 2.58. The van der Waals surface area contributed by atoms with Crippen LogP contribution in [0.25, 0.3) is 0 Å². The normalized spacial score (nSPS) is 12.6. The van der Waals surface area contributed by atoms with E-state index in [0.717, 1.165) is 5.56 Å². The van der Waals surface area contributed by atoms with Gasteiger partial charge in [0, 0.05) is 4.47 Å². The van der Waals surface area contributed by atoms with E-state index >= 15 is 0 Å². The Balaban J connectivity index is 3.45. The number of carbonyl (C=O) groups is 1. The van der Waals surface area contributed by atoms with Crippen LogP contribution < -0.4 is 0 Å². The Bertz CT molecular complexity index is 389. The summed E-state index contributed by atoms with van der Waals surface area (Å²) in [6.45, 7) is 4.94. The van der Waals surface area contributed by atoms with E-state index in [4.69, 9.17) is 5.11 Å². The lowest BCUT2D eigenvalue weighted by Gasteiger charge is -2.15. The Morgan fingerprint density at radius 3 is 2.47 bits per heavy atom. The van der Waals surface area contributed by atoms with E-state index in [2.05, 4.69) is 15.9 Å². The molecule has 0 aliphatic carbocycles. The topological polar surface area (TPSA) is 37.3 Å². The molecule has 0 amide bonds. The van der Waals surface area contributed by atoms with Crippen molar-refractivity contribution in [3.63, 3.8) is 0 Å². The van der Waals surface area contributed by atoms with Crippen LogP contribution in [0.2, 0.25) is 0 Å².